The fourth-order valence-electron chi connectivity index (χ4n) is 12.3. The smallest absolute Gasteiger partial charge is 0.303 e. The zero-order valence-electron chi connectivity index (χ0n) is 24.6. The lowest BCUT2D eigenvalue weighted by atomic mass is 9.44. The van der Waals surface area contributed by atoms with Gasteiger partial charge in [0.2, 0.25) is 0 Å². The van der Waals surface area contributed by atoms with Crippen LogP contribution in [-0.4, -0.2) is 52.0 Å². The summed E-state index contributed by atoms with van der Waals surface area (Å²) in [5, 5.41) is 23.5. The van der Waals surface area contributed by atoms with Gasteiger partial charge in [0.05, 0.1) is 12.2 Å². The van der Waals surface area contributed by atoms with Crippen LogP contribution in [0.25, 0.3) is 0 Å². The molecule has 7 aliphatic rings. The predicted molar refractivity (Wildman–Crippen MR) is 142 cm³/mol. The third-order valence-corrected chi connectivity index (χ3v) is 13.9. The summed E-state index contributed by atoms with van der Waals surface area (Å²) in [7, 11) is 0. The minimum atomic E-state index is -1.10. The molecule has 212 valence electrons. The van der Waals surface area contributed by atoms with Crippen molar-refractivity contribution < 1.29 is 29.2 Å². The molecule has 2 heterocycles. The monoisotopic (exact) mass is 528 g/mol. The number of rotatable bonds is 2. The summed E-state index contributed by atoms with van der Waals surface area (Å²) in [5.41, 5.74) is 0.226. The summed E-state index contributed by atoms with van der Waals surface area (Å²) in [6.07, 6.45) is 7.94. The molecule has 2 bridgehead atoms. The van der Waals surface area contributed by atoms with E-state index < -0.39 is 29.0 Å². The number of esters is 1. The molecule has 0 radical (unpaired) electrons. The van der Waals surface area contributed by atoms with Gasteiger partial charge in [-0.1, -0.05) is 46.3 Å². The Labute approximate surface area is 227 Å². The minimum absolute atomic E-state index is 0.0553. The molecule has 3 spiro atoms. The molecular formula is C32H48O6. The second kappa shape index (κ2) is 7.09. The first-order chi connectivity index (χ1) is 17.5. The van der Waals surface area contributed by atoms with E-state index in [9.17, 15) is 15.0 Å². The molecule has 2 aliphatic heterocycles. The second-order valence-electron chi connectivity index (χ2n) is 16.0. The molecule has 5 aliphatic carbocycles. The lowest BCUT2D eigenvalue weighted by Crippen LogP contribution is -2.55. The van der Waals surface area contributed by atoms with Crippen molar-refractivity contribution in [3.05, 3.63) is 11.6 Å². The number of ether oxygens (including phenoxy) is 3. The summed E-state index contributed by atoms with van der Waals surface area (Å²) in [4.78, 5) is 12.0. The van der Waals surface area contributed by atoms with Crippen LogP contribution in [-0.2, 0) is 19.0 Å². The Morgan fingerprint density at radius 2 is 1.82 bits per heavy atom. The van der Waals surface area contributed by atoms with Gasteiger partial charge in [-0.05, 0) is 92.3 Å². The molecule has 6 fully saturated rings. The van der Waals surface area contributed by atoms with Gasteiger partial charge in [-0.15, -0.1) is 0 Å². The van der Waals surface area contributed by atoms with Crippen molar-refractivity contribution in [2.75, 3.05) is 0 Å². The highest BCUT2D eigenvalue weighted by atomic mass is 16.8. The summed E-state index contributed by atoms with van der Waals surface area (Å²) in [6.45, 7) is 16.8. The first-order valence-electron chi connectivity index (χ1n) is 15.2. The van der Waals surface area contributed by atoms with Crippen molar-refractivity contribution in [3.63, 3.8) is 0 Å². The van der Waals surface area contributed by atoms with E-state index in [0.29, 0.717) is 11.8 Å². The third-order valence-electron chi connectivity index (χ3n) is 13.9. The van der Waals surface area contributed by atoms with Gasteiger partial charge < -0.3 is 24.4 Å². The van der Waals surface area contributed by atoms with Crippen molar-refractivity contribution in [2.45, 2.75) is 136 Å². The molecule has 0 amide bonds. The Morgan fingerprint density at radius 3 is 2.50 bits per heavy atom. The molecular weight excluding hydrogens is 480 g/mol. The number of hydrogen-bond acceptors (Lipinski definition) is 6. The van der Waals surface area contributed by atoms with E-state index in [2.05, 4.69) is 40.7 Å². The van der Waals surface area contributed by atoms with Crippen LogP contribution in [0.2, 0.25) is 0 Å². The van der Waals surface area contributed by atoms with E-state index in [1.54, 1.807) is 0 Å². The van der Waals surface area contributed by atoms with Crippen LogP contribution in [0.1, 0.15) is 100 Å². The average Bonchev–Trinajstić information content (AvgIpc) is 3.33. The average molecular weight is 529 g/mol. The molecule has 0 aromatic rings. The van der Waals surface area contributed by atoms with Crippen LogP contribution in [0.4, 0.5) is 0 Å². The molecule has 38 heavy (non-hydrogen) atoms. The third kappa shape index (κ3) is 2.56. The van der Waals surface area contributed by atoms with Crippen molar-refractivity contribution in [2.24, 2.45) is 44.8 Å². The summed E-state index contributed by atoms with van der Waals surface area (Å²) in [6, 6.07) is 0. The van der Waals surface area contributed by atoms with E-state index >= 15 is 0 Å². The molecule has 0 aromatic carbocycles. The van der Waals surface area contributed by atoms with Gasteiger partial charge in [0.15, 0.2) is 5.79 Å². The zero-order chi connectivity index (χ0) is 27.5. The highest BCUT2D eigenvalue weighted by Crippen LogP contribution is 2.89. The normalized spacial score (nSPS) is 57.5. The molecule has 6 heteroatoms. The maximum atomic E-state index is 12.6. The highest BCUT2D eigenvalue weighted by molar-refractivity contribution is 5.66. The molecule has 6 nitrogen and oxygen atoms in total. The first-order valence-corrected chi connectivity index (χ1v) is 15.2. The number of carbonyl (C=O) groups is 1. The summed E-state index contributed by atoms with van der Waals surface area (Å²) in [5.74, 6) is -0.576. The van der Waals surface area contributed by atoms with E-state index in [0.717, 1.165) is 38.5 Å². The van der Waals surface area contributed by atoms with Gasteiger partial charge in [0.1, 0.15) is 17.8 Å². The van der Waals surface area contributed by atoms with Crippen LogP contribution in [0.3, 0.4) is 0 Å². The maximum Gasteiger partial charge on any atom is 0.303 e. The number of hydrogen-bond donors (Lipinski definition) is 2. The lowest BCUT2D eigenvalue weighted by Gasteiger charge is -2.59. The standard InChI is InChI=1S/C32H48O6/c1-17-15-19-24(27(5,6)36-18(2)33)38-32(37-19)23(17)28(7)13-14-31-16-30(31)12-11-22(34)26(3,4)20(30)9-10-21(31)29(28,8)25(32)35/h10,17,19-20,22-25,34-35H,9,11-16H2,1-8H3/t17-,19?,20+,22+,23-,24+,25-,28-,29-,30-,31+,32-/m1/s1. The fourth-order valence-corrected chi connectivity index (χ4v) is 12.3. The highest BCUT2D eigenvalue weighted by Gasteiger charge is 2.86. The number of allylic oxidation sites excluding steroid dienone is 1. The Morgan fingerprint density at radius 1 is 1.11 bits per heavy atom. The van der Waals surface area contributed by atoms with Crippen molar-refractivity contribution in [3.8, 4) is 0 Å². The Hall–Kier alpha value is -0.950. The molecule has 2 N–H and O–H groups in total. The number of aliphatic hydroxyl groups excluding tert-OH is 2. The van der Waals surface area contributed by atoms with Crippen LogP contribution < -0.4 is 0 Å². The van der Waals surface area contributed by atoms with Gasteiger partial charge in [0, 0.05) is 18.3 Å². The molecule has 4 saturated carbocycles. The number of fused-ring (bicyclic) bond motifs is 4. The van der Waals surface area contributed by atoms with E-state index in [1.165, 1.54) is 18.9 Å². The Balaban J connectivity index is 1.33. The van der Waals surface area contributed by atoms with Crippen LogP contribution in [0, 0.1) is 44.8 Å². The Bertz CT molecular complexity index is 1130. The molecule has 12 atom stereocenters. The van der Waals surface area contributed by atoms with Crippen LogP contribution in [0.5, 0.6) is 0 Å². The molecule has 7 rings (SSSR count). The first kappa shape index (κ1) is 26.0. The number of carbonyl (C=O) groups excluding carboxylic acids is 1. The van der Waals surface area contributed by atoms with Gasteiger partial charge in [-0.25, -0.2) is 0 Å². The quantitative estimate of drug-likeness (QED) is 0.381. The Kier molecular flexibility index (Phi) is 4.85. The number of aliphatic hydroxyl groups is 2. The second-order valence-corrected chi connectivity index (χ2v) is 16.0. The minimum Gasteiger partial charge on any atom is -0.457 e. The predicted octanol–water partition coefficient (Wildman–Crippen LogP) is 5.15. The summed E-state index contributed by atoms with van der Waals surface area (Å²) < 4.78 is 19.5. The van der Waals surface area contributed by atoms with E-state index in [-0.39, 0.29) is 45.8 Å². The van der Waals surface area contributed by atoms with Gasteiger partial charge in [-0.3, -0.25) is 4.79 Å². The van der Waals surface area contributed by atoms with Crippen molar-refractivity contribution in [1.29, 1.82) is 0 Å². The van der Waals surface area contributed by atoms with Crippen molar-refractivity contribution >= 4 is 5.97 Å². The largest absolute Gasteiger partial charge is 0.457 e. The maximum absolute atomic E-state index is 12.6. The van der Waals surface area contributed by atoms with Gasteiger partial charge in [0.25, 0.3) is 0 Å². The van der Waals surface area contributed by atoms with Crippen molar-refractivity contribution in [1.82, 2.24) is 0 Å². The molecule has 0 aromatic heterocycles. The fraction of sp³-hybridized carbons (Fsp3) is 0.906. The summed E-state index contributed by atoms with van der Waals surface area (Å²) >= 11 is 0. The van der Waals surface area contributed by atoms with Crippen LogP contribution in [0.15, 0.2) is 11.6 Å². The molecule has 1 unspecified atom stereocenters. The lowest BCUT2D eigenvalue weighted by molar-refractivity contribution is -0.280. The van der Waals surface area contributed by atoms with Crippen LogP contribution >= 0.6 is 0 Å². The molecule has 2 saturated heterocycles. The van der Waals surface area contributed by atoms with E-state index in [1.807, 2.05) is 13.8 Å². The topological polar surface area (TPSA) is 85.2 Å². The van der Waals surface area contributed by atoms with Gasteiger partial charge in [-0.2, -0.15) is 0 Å². The SMILES string of the molecule is CC(=O)OC(C)(C)[C@H]1O[C@]23OC1C[C@@H](C)[C@@H]2[C@@]1(C)CC[C@@]24C[C@@]25CC[C@H](O)C(C)(C)[C@@H]5CC=C4[C@]1(C)[C@H]3O. The zero-order valence-corrected chi connectivity index (χ0v) is 24.6. The van der Waals surface area contributed by atoms with E-state index in [4.69, 9.17) is 14.2 Å². The van der Waals surface area contributed by atoms with Gasteiger partial charge >= 0.3 is 5.97 Å².